The maximum atomic E-state index is 10.5. The van der Waals surface area contributed by atoms with E-state index in [9.17, 15) is 18.5 Å². The first-order chi connectivity index (χ1) is 8.29. The molecule has 0 fully saturated rings. The molecule has 0 aliphatic rings. The smallest absolute Gasteiger partial charge is 0.271 e. The van der Waals surface area contributed by atoms with Gasteiger partial charge in [-0.25, -0.2) is 0 Å². The molecular weight excluding hydrogens is 284 g/mol. The van der Waals surface area contributed by atoms with E-state index in [0.717, 1.165) is 0 Å². The third-order valence-corrected chi connectivity index (χ3v) is 3.19. The molecule has 100 valence electrons. The van der Waals surface area contributed by atoms with Gasteiger partial charge in [0.05, 0.1) is 21.4 Å². The molecule has 0 radical (unpaired) electrons. The molecule has 0 bridgehead atoms. The lowest BCUT2D eigenvalue weighted by atomic mass is 10.2. The number of halogens is 1. The largest absolute Gasteiger partial charge is 0.384 e. The molecule has 0 aromatic heterocycles. The summed E-state index contributed by atoms with van der Waals surface area (Å²) in [5.41, 5.74) is 0.234. The number of non-ortho nitro benzene ring substituents is 1. The number of rotatable bonds is 6. The van der Waals surface area contributed by atoms with Crippen molar-refractivity contribution in [2.45, 2.75) is 6.42 Å². The van der Waals surface area contributed by atoms with Gasteiger partial charge in [0.25, 0.3) is 15.8 Å². The van der Waals surface area contributed by atoms with Crippen LogP contribution in [0.4, 0.5) is 11.4 Å². The molecule has 0 amide bonds. The van der Waals surface area contributed by atoms with Crippen LogP contribution in [0.1, 0.15) is 6.42 Å². The molecule has 0 aliphatic heterocycles. The van der Waals surface area contributed by atoms with E-state index in [1.54, 1.807) is 0 Å². The van der Waals surface area contributed by atoms with Gasteiger partial charge in [0.15, 0.2) is 0 Å². The summed E-state index contributed by atoms with van der Waals surface area (Å²) in [6.45, 7) is 0.223. The van der Waals surface area contributed by atoms with Crippen LogP contribution in [0.15, 0.2) is 18.2 Å². The average molecular weight is 295 g/mol. The number of hydrogen-bond acceptors (Lipinski definition) is 5. The number of benzene rings is 1. The maximum absolute atomic E-state index is 10.5. The van der Waals surface area contributed by atoms with E-state index in [0.29, 0.717) is 10.7 Å². The summed E-state index contributed by atoms with van der Waals surface area (Å²) in [6, 6.07) is 3.91. The minimum Gasteiger partial charge on any atom is -0.384 e. The molecule has 7 nitrogen and oxygen atoms in total. The summed E-state index contributed by atoms with van der Waals surface area (Å²) in [7, 11) is -3.99. The highest BCUT2D eigenvalue weighted by atomic mass is 35.5. The first-order valence-electron chi connectivity index (χ1n) is 4.92. The van der Waals surface area contributed by atoms with Gasteiger partial charge in [0.1, 0.15) is 0 Å². The van der Waals surface area contributed by atoms with E-state index >= 15 is 0 Å². The predicted molar refractivity (Wildman–Crippen MR) is 67.6 cm³/mol. The van der Waals surface area contributed by atoms with Gasteiger partial charge in [0, 0.05) is 18.7 Å². The minimum atomic E-state index is -3.99. The molecule has 1 aromatic carbocycles. The summed E-state index contributed by atoms with van der Waals surface area (Å²) in [5.74, 6) is -0.382. The Bertz CT molecular complexity index is 546. The molecule has 0 saturated carbocycles. The second kappa shape index (κ2) is 5.98. The zero-order valence-corrected chi connectivity index (χ0v) is 10.7. The Kier molecular flexibility index (Phi) is 4.88. The molecule has 0 unspecified atom stereocenters. The molecule has 1 rings (SSSR count). The summed E-state index contributed by atoms with van der Waals surface area (Å²) >= 11 is 5.82. The van der Waals surface area contributed by atoms with Crippen molar-refractivity contribution in [3.63, 3.8) is 0 Å². The molecule has 1 aromatic rings. The van der Waals surface area contributed by atoms with Crippen LogP contribution in [-0.4, -0.2) is 30.2 Å². The van der Waals surface area contributed by atoms with Crippen LogP contribution in [0.2, 0.25) is 5.02 Å². The van der Waals surface area contributed by atoms with Gasteiger partial charge in [-0.2, -0.15) is 8.42 Å². The van der Waals surface area contributed by atoms with Crippen molar-refractivity contribution < 1.29 is 17.9 Å². The lowest BCUT2D eigenvalue weighted by molar-refractivity contribution is -0.384. The highest BCUT2D eigenvalue weighted by Gasteiger charge is 2.10. The molecule has 18 heavy (non-hydrogen) atoms. The maximum Gasteiger partial charge on any atom is 0.271 e. The zero-order valence-electron chi connectivity index (χ0n) is 9.17. The van der Waals surface area contributed by atoms with Gasteiger partial charge in [-0.15, -0.1) is 0 Å². The van der Waals surface area contributed by atoms with E-state index in [-0.39, 0.29) is 24.4 Å². The first-order valence-corrected chi connectivity index (χ1v) is 6.91. The topological polar surface area (TPSA) is 110 Å². The summed E-state index contributed by atoms with van der Waals surface area (Å²) in [4.78, 5) is 9.99. The van der Waals surface area contributed by atoms with E-state index < -0.39 is 15.0 Å². The number of nitrogens with zero attached hydrogens (tertiary/aromatic N) is 1. The highest BCUT2D eigenvalue weighted by molar-refractivity contribution is 7.85. The fraction of sp³-hybridized carbons (Fsp3) is 0.333. The number of nitro benzene ring substituents is 1. The normalized spacial score (nSPS) is 11.2. The molecular formula is C9H11ClN2O5S. The predicted octanol–water partition coefficient (Wildman–Crippen LogP) is 1.94. The Morgan fingerprint density at radius 3 is 2.67 bits per heavy atom. The van der Waals surface area contributed by atoms with Gasteiger partial charge in [-0.1, -0.05) is 11.6 Å². The highest BCUT2D eigenvalue weighted by Crippen LogP contribution is 2.26. The summed E-state index contributed by atoms with van der Waals surface area (Å²) in [5, 5.41) is 13.6. The Labute approximate surface area is 109 Å². The third kappa shape index (κ3) is 4.86. The number of hydrogen-bond donors (Lipinski definition) is 2. The van der Waals surface area contributed by atoms with Gasteiger partial charge in [0.2, 0.25) is 0 Å². The van der Waals surface area contributed by atoms with Crippen LogP contribution in [0.25, 0.3) is 0 Å². The van der Waals surface area contributed by atoms with E-state index in [4.69, 9.17) is 16.2 Å². The Balaban J connectivity index is 2.61. The van der Waals surface area contributed by atoms with Gasteiger partial charge in [-0.3, -0.25) is 14.7 Å². The lowest BCUT2D eigenvalue weighted by Gasteiger charge is -2.07. The van der Waals surface area contributed by atoms with Crippen LogP contribution in [0, 0.1) is 10.1 Å². The van der Waals surface area contributed by atoms with Crippen molar-refractivity contribution in [2.24, 2.45) is 0 Å². The molecule has 2 N–H and O–H groups in total. The fourth-order valence-corrected chi connectivity index (χ4v) is 1.93. The van der Waals surface area contributed by atoms with Crippen molar-refractivity contribution in [3.05, 3.63) is 33.3 Å². The standard InChI is InChI=1S/C9H11ClN2O5S/c10-8-3-2-7(12(13)14)6-9(8)11-4-1-5-18(15,16)17/h2-3,6,11H,1,4-5H2,(H,15,16,17). The SMILES string of the molecule is O=[N+]([O-])c1ccc(Cl)c(NCCCS(=O)(=O)O)c1. The number of nitrogens with one attached hydrogen (secondary N) is 1. The van der Waals surface area contributed by atoms with Crippen molar-refractivity contribution >= 4 is 33.1 Å². The van der Waals surface area contributed by atoms with E-state index in [1.165, 1.54) is 18.2 Å². The minimum absolute atomic E-state index is 0.114. The second-order valence-corrected chi connectivity index (χ2v) is 5.47. The van der Waals surface area contributed by atoms with E-state index in [1.807, 2.05) is 0 Å². The van der Waals surface area contributed by atoms with E-state index in [2.05, 4.69) is 5.32 Å². The van der Waals surface area contributed by atoms with Gasteiger partial charge < -0.3 is 5.32 Å². The Morgan fingerprint density at radius 1 is 1.44 bits per heavy atom. The Hall–Kier alpha value is -1.38. The molecule has 9 heteroatoms. The van der Waals surface area contributed by atoms with Gasteiger partial charge in [-0.05, 0) is 12.5 Å². The molecule has 0 atom stereocenters. The quantitative estimate of drug-likeness (QED) is 0.359. The molecule has 0 saturated heterocycles. The van der Waals surface area contributed by atoms with Crippen LogP contribution in [0.3, 0.4) is 0 Å². The summed E-state index contributed by atoms with van der Waals surface area (Å²) < 4.78 is 29.4. The summed E-state index contributed by atoms with van der Waals surface area (Å²) in [6.07, 6.45) is 0.165. The number of nitro groups is 1. The lowest BCUT2D eigenvalue weighted by Crippen LogP contribution is -2.10. The average Bonchev–Trinajstić information content (AvgIpc) is 2.24. The Morgan fingerprint density at radius 2 is 2.11 bits per heavy atom. The first kappa shape index (κ1) is 14.7. The fourth-order valence-electron chi connectivity index (χ4n) is 1.24. The van der Waals surface area contributed by atoms with Gasteiger partial charge >= 0.3 is 0 Å². The van der Waals surface area contributed by atoms with Crippen molar-refractivity contribution in [1.29, 1.82) is 0 Å². The van der Waals surface area contributed by atoms with Crippen molar-refractivity contribution in [3.8, 4) is 0 Å². The van der Waals surface area contributed by atoms with Crippen molar-refractivity contribution in [2.75, 3.05) is 17.6 Å². The molecule has 0 spiro atoms. The number of anilines is 1. The molecule has 0 aliphatic carbocycles. The monoisotopic (exact) mass is 294 g/mol. The molecule has 0 heterocycles. The van der Waals surface area contributed by atoms with Crippen molar-refractivity contribution in [1.82, 2.24) is 0 Å². The second-order valence-electron chi connectivity index (χ2n) is 3.49. The van der Waals surface area contributed by atoms with Crippen LogP contribution in [0.5, 0.6) is 0 Å². The van der Waals surface area contributed by atoms with Crippen LogP contribution < -0.4 is 5.32 Å². The van der Waals surface area contributed by atoms with Crippen LogP contribution in [-0.2, 0) is 10.1 Å². The van der Waals surface area contributed by atoms with Crippen LogP contribution >= 0.6 is 11.6 Å². The zero-order chi connectivity index (χ0) is 13.8. The third-order valence-electron chi connectivity index (χ3n) is 2.06.